The monoisotopic (exact) mass is 328 g/mol. The molecule has 0 amide bonds. The third-order valence-corrected chi connectivity index (χ3v) is 4.23. The molecule has 0 fully saturated rings. The van der Waals surface area contributed by atoms with E-state index >= 15 is 0 Å². The summed E-state index contributed by atoms with van der Waals surface area (Å²) in [7, 11) is 1.76. The van der Waals surface area contributed by atoms with Crippen molar-refractivity contribution in [3.63, 3.8) is 0 Å². The van der Waals surface area contributed by atoms with E-state index in [1.54, 1.807) is 14.0 Å². The average Bonchev–Trinajstić information content (AvgIpc) is 2.59. The van der Waals surface area contributed by atoms with Gasteiger partial charge in [-0.2, -0.15) is 0 Å². The van der Waals surface area contributed by atoms with Gasteiger partial charge in [-0.05, 0) is 48.7 Å². The van der Waals surface area contributed by atoms with Crippen LogP contribution in [0.2, 0.25) is 0 Å². The number of Topliss-reactive ketones (excluding diaryl/α,β-unsaturated/α-hetero) is 1. The number of ether oxygens (including phenoxy) is 2. The van der Waals surface area contributed by atoms with Gasteiger partial charge in [0.1, 0.15) is 5.75 Å². The molecular weight excluding hydrogens is 300 g/mol. The summed E-state index contributed by atoms with van der Waals surface area (Å²) in [5, 5.41) is 2.18. The van der Waals surface area contributed by atoms with Crippen LogP contribution < -0.4 is 4.74 Å². The zero-order chi connectivity index (χ0) is 17.2. The molecule has 2 aromatic carbocycles. The van der Waals surface area contributed by atoms with Gasteiger partial charge in [-0.1, -0.05) is 43.9 Å². The Hall–Kier alpha value is -1.87. The van der Waals surface area contributed by atoms with Gasteiger partial charge in [-0.3, -0.25) is 4.79 Å². The zero-order valence-corrected chi connectivity index (χ0v) is 14.8. The van der Waals surface area contributed by atoms with Gasteiger partial charge in [0.2, 0.25) is 0 Å². The van der Waals surface area contributed by atoms with Gasteiger partial charge < -0.3 is 9.47 Å². The third-order valence-electron chi connectivity index (χ3n) is 4.23. The molecule has 2 aromatic rings. The number of unbranched alkanes of at least 4 members (excludes halogenated alkanes) is 5. The molecule has 0 aliphatic rings. The second-order valence-electron chi connectivity index (χ2n) is 6.24. The maximum absolute atomic E-state index is 11.4. The van der Waals surface area contributed by atoms with Crippen molar-refractivity contribution in [1.82, 2.24) is 0 Å². The molecule has 0 radical (unpaired) electrons. The molecular formula is C21H28O3. The Kier molecular flexibility index (Phi) is 7.76. The van der Waals surface area contributed by atoms with Crippen LogP contribution in [0.4, 0.5) is 0 Å². The molecule has 0 saturated heterocycles. The van der Waals surface area contributed by atoms with Crippen molar-refractivity contribution in [2.75, 3.05) is 20.3 Å². The highest BCUT2D eigenvalue weighted by molar-refractivity contribution is 5.98. The van der Waals surface area contributed by atoms with Crippen molar-refractivity contribution in [2.45, 2.75) is 45.4 Å². The van der Waals surface area contributed by atoms with Crippen molar-refractivity contribution in [1.29, 1.82) is 0 Å². The number of methoxy groups -OCH3 is 1. The topological polar surface area (TPSA) is 35.5 Å². The highest BCUT2D eigenvalue weighted by atomic mass is 16.5. The Bertz CT molecular complexity index is 649. The average molecular weight is 328 g/mol. The molecule has 3 heteroatoms. The molecule has 0 saturated carbocycles. The van der Waals surface area contributed by atoms with Crippen molar-refractivity contribution in [2.24, 2.45) is 0 Å². The first-order valence-electron chi connectivity index (χ1n) is 8.87. The molecule has 0 heterocycles. The normalized spacial score (nSPS) is 10.9. The molecule has 0 unspecified atom stereocenters. The molecule has 0 spiro atoms. The Balaban J connectivity index is 1.71. The largest absolute Gasteiger partial charge is 0.494 e. The fourth-order valence-electron chi connectivity index (χ4n) is 2.78. The molecule has 2 rings (SSSR count). The van der Waals surface area contributed by atoms with E-state index in [4.69, 9.17) is 9.47 Å². The predicted molar refractivity (Wildman–Crippen MR) is 99.0 cm³/mol. The van der Waals surface area contributed by atoms with Crippen LogP contribution in [0.3, 0.4) is 0 Å². The third kappa shape index (κ3) is 5.97. The lowest BCUT2D eigenvalue weighted by atomic mass is 10.0. The van der Waals surface area contributed by atoms with Crippen molar-refractivity contribution < 1.29 is 14.3 Å². The lowest BCUT2D eigenvalue weighted by Crippen LogP contribution is -1.97. The fourth-order valence-corrected chi connectivity index (χ4v) is 2.78. The molecule has 3 nitrogen and oxygen atoms in total. The Morgan fingerprint density at radius 1 is 0.833 bits per heavy atom. The first-order chi connectivity index (χ1) is 11.7. The second kappa shape index (κ2) is 10.1. The molecule has 0 atom stereocenters. The van der Waals surface area contributed by atoms with E-state index in [1.165, 1.54) is 25.7 Å². The Morgan fingerprint density at radius 2 is 1.46 bits per heavy atom. The summed E-state index contributed by atoms with van der Waals surface area (Å²) in [6.07, 6.45) is 7.25. The van der Waals surface area contributed by atoms with E-state index in [0.717, 1.165) is 48.1 Å². The van der Waals surface area contributed by atoms with Gasteiger partial charge in [0.05, 0.1) is 6.61 Å². The van der Waals surface area contributed by atoms with Crippen LogP contribution in [-0.4, -0.2) is 26.1 Å². The van der Waals surface area contributed by atoms with Gasteiger partial charge in [-0.25, -0.2) is 0 Å². The summed E-state index contributed by atoms with van der Waals surface area (Å²) in [6.45, 7) is 3.23. The van der Waals surface area contributed by atoms with Crippen LogP contribution in [0.25, 0.3) is 10.8 Å². The summed E-state index contributed by atoms with van der Waals surface area (Å²) < 4.78 is 10.9. The van der Waals surface area contributed by atoms with Crippen LogP contribution in [0, 0.1) is 0 Å². The minimum atomic E-state index is 0.0967. The van der Waals surface area contributed by atoms with Crippen LogP contribution in [0.15, 0.2) is 36.4 Å². The van der Waals surface area contributed by atoms with Crippen molar-refractivity contribution in [3.8, 4) is 5.75 Å². The van der Waals surface area contributed by atoms with Gasteiger partial charge >= 0.3 is 0 Å². The number of rotatable bonds is 11. The van der Waals surface area contributed by atoms with Crippen molar-refractivity contribution in [3.05, 3.63) is 42.0 Å². The summed E-state index contributed by atoms with van der Waals surface area (Å²) in [6, 6.07) is 11.8. The molecule has 130 valence electrons. The minimum Gasteiger partial charge on any atom is -0.494 e. The Morgan fingerprint density at radius 3 is 2.17 bits per heavy atom. The SMILES string of the molecule is COCCCCCCCCOc1ccc2cc(C(C)=O)ccc2c1. The van der Waals surface area contributed by atoms with Gasteiger partial charge in [0, 0.05) is 19.3 Å². The molecule has 0 N–H and O–H groups in total. The maximum Gasteiger partial charge on any atom is 0.159 e. The minimum absolute atomic E-state index is 0.0967. The number of carbonyl (C=O) groups excluding carboxylic acids is 1. The van der Waals surface area contributed by atoms with Crippen LogP contribution in [-0.2, 0) is 4.74 Å². The van der Waals surface area contributed by atoms with Crippen molar-refractivity contribution >= 4 is 16.6 Å². The van der Waals surface area contributed by atoms with E-state index in [-0.39, 0.29) is 5.78 Å². The van der Waals surface area contributed by atoms with Gasteiger partial charge in [0.25, 0.3) is 0 Å². The fraction of sp³-hybridized carbons (Fsp3) is 0.476. The lowest BCUT2D eigenvalue weighted by molar-refractivity contribution is 0.101. The van der Waals surface area contributed by atoms with Gasteiger partial charge in [0.15, 0.2) is 5.78 Å². The van der Waals surface area contributed by atoms with E-state index in [2.05, 4.69) is 0 Å². The summed E-state index contributed by atoms with van der Waals surface area (Å²) >= 11 is 0. The number of fused-ring (bicyclic) bond motifs is 1. The highest BCUT2D eigenvalue weighted by Crippen LogP contribution is 2.22. The first kappa shape index (κ1) is 18.5. The summed E-state index contributed by atoms with van der Waals surface area (Å²) in [4.78, 5) is 11.4. The molecule has 0 aliphatic carbocycles. The quantitative estimate of drug-likeness (QED) is 0.409. The number of benzene rings is 2. The van der Waals surface area contributed by atoms with Crippen LogP contribution in [0.1, 0.15) is 55.8 Å². The van der Waals surface area contributed by atoms with Crippen LogP contribution >= 0.6 is 0 Å². The lowest BCUT2D eigenvalue weighted by Gasteiger charge is -2.08. The maximum atomic E-state index is 11.4. The zero-order valence-electron chi connectivity index (χ0n) is 14.8. The van der Waals surface area contributed by atoms with E-state index in [1.807, 2.05) is 36.4 Å². The van der Waals surface area contributed by atoms with E-state index < -0.39 is 0 Å². The number of ketones is 1. The standard InChI is InChI=1S/C21H28O3/c1-17(22)18-9-10-20-16-21(12-11-19(20)15-18)24-14-8-6-4-3-5-7-13-23-2/h9-12,15-16H,3-8,13-14H2,1-2H3. The predicted octanol–water partition coefficient (Wildman–Crippen LogP) is 5.41. The molecule has 24 heavy (non-hydrogen) atoms. The van der Waals surface area contributed by atoms with Crippen LogP contribution in [0.5, 0.6) is 5.75 Å². The van der Waals surface area contributed by atoms with E-state index in [0.29, 0.717) is 0 Å². The first-order valence-corrected chi connectivity index (χ1v) is 8.87. The Labute approximate surface area is 145 Å². The number of hydrogen-bond acceptors (Lipinski definition) is 3. The van der Waals surface area contributed by atoms with Gasteiger partial charge in [-0.15, -0.1) is 0 Å². The highest BCUT2D eigenvalue weighted by Gasteiger charge is 2.02. The van der Waals surface area contributed by atoms with E-state index in [9.17, 15) is 4.79 Å². The molecule has 0 bridgehead atoms. The summed E-state index contributed by atoms with van der Waals surface area (Å²) in [5.74, 6) is 0.998. The number of carbonyl (C=O) groups is 1. The molecule has 0 aromatic heterocycles. The smallest absolute Gasteiger partial charge is 0.159 e. The summed E-state index contributed by atoms with van der Waals surface area (Å²) in [5.41, 5.74) is 0.752. The second-order valence-corrected chi connectivity index (χ2v) is 6.24. The number of hydrogen-bond donors (Lipinski definition) is 0. The molecule has 0 aliphatic heterocycles.